The average Bonchev–Trinajstić information content (AvgIpc) is 3.34. The molecule has 2 N–H and O–H groups in total. The third-order valence-electron chi connectivity index (χ3n) is 6.39. The summed E-state index contributed by atoms with van der Waals surface area (Å²) in [6.07, 6.45) is -4.39. The number of nitrogens with one attached hydrogen (secondary N) is 1. The number of aryl methyl sites for hydroxylation is 2. The molecule has 1 saturated heterocycles. The molecular formula is C26H26ClF3N6O4. The van der Waals surface area contributed by atoms with E-state index >= 15 is 0 Å². The van der Waals surface area contributed by atoms with E-state index in [1.165, 1.54) is 9.13 Å². The Labute approximate surface area is 230 Å². The van der Waals surface area contributed by atoms with Gasteiger partial charge in [-0.15, -0.1) is 0 Å². The zero-order valence-corrected chi connectivity index (χ0v) is 22.3. The molecular weight excluding hydrogens is 553 g/mol. The lowest BCUT2D eigenvalue weighted by Gasteiger charge is -2.28. The molecule has 5 rings (SSSR count). The minimum absolute atomic E-state index is 0.324. The standard InChI is InChI=1S/C24H25ClN6O2.C2HF3O2/c1-3-16-8-4-6-10-18(16)31-22(32)20-21(28(2)24(31)33)27-23(29-14-12-26-13-15-29)30(20)19-11-7-5-9-17(19)25;3-2(4,5)1(6)7/h4-11,26H,3,12-15H2,1-2H3;(H,6,7). The van der Waals surface area contributed by atoms with Crippen LogP contribution in [0.3, 0.4) is 0 Å². The van der Waals surface area contributed by atoms with Gasteiger partial charge in [0.2, 0.25) is 5.95 Å². The molecule has 0 atom stereocenters. The van der Waals surface area contributed by atoms with Gasteiger partial charge in [0.25, 0.3) is 5.56 Å². The van der Waals surface area contributed by atoms with Gasteiger partial charge in [0.05, 0.1) is 16.4 Å². The smallest absolute Gasteiger partial charge is 0.475 e. The quantitative estimate of drug-likeness (QED) is 0.382. The lowest BCUT2D eigenvalue weighted by atomic mass is 10.1. The highest BCUT2D eigenvalue weighted by Crippen LogP contribution is 2.29. The molecule has 0 aliphatic carbocycles. The molecule has 0 unspecified atom stereocenters. The zero-order valence-electron chi connectivity index (χ0n) is 21.6. The number of carboxylic acid groups (broad SMARTS) is 1. The second-order valence-corrected chi connectivity index (χ2v) is 9.28. The highest BCUT2D eigenvalue weighted by atomic mass is 35.5. The SMILES string of the molecule is CCc1ccccc1-n1c(=O)c2c(nc(N3CCNCC3)n2-c2ccccc2Cl)n(C)c1=O.O=C(O)C(F)(F)F. The summed E-state index contributed by atoms with van der Waals surface area (Å²) in [5.74, 6) is -2.15. The van der Waals surface area contributed by atoms with Gasteiger partial charge in [0, 0.05) is 33.2 Å². The summed E-state index contributed by atoms with van der Waals surface area (Å²) in [5, 5.41) is 11.0. The van der Waals surface area contributed by atoms with E-state index in [9.17, 15) is 22.8 Å². The lowest BCUT2D eigenvalue weighted by molar-refractivity contribution is -0.192. The molecule has 0 spiro atoms. The number of para-hydroxylation sites is 2. The predicted octanol–water partition coefficient (Wildman–Crippen LogP) is 3.13. The largest absolute Gasteiger partial charge is 0.490 e. The van der Waals surface area contributed by atoms with Gasteiger partial charge in [-0.3, -0.25) is 13.9 Å². The molecule has 2 aromatic carbocycles. The third kappa shape index (κ3) is 5.47. The van der Waals surface area contributed by atoms with E-state index in [0.29, 0.717) is 39.9 Å². The molecule has 0 saturated carbocycles. The maximum absolute atomic E-state index is 14.0. The Hall–Kier alpha value is -4.10. The molecule has 3 heterocycles. The number of rotatable bonds is 4. The molecule has 212 valence electrons. The summed E-state index contributed by atoms with van der Waals surface area (Å²) in [4.78, 5) is 43.2. The van der Waals surface area contributed by atoms with Crippen molar-refractivity contribution >= 4 is 34.7 Å². The third-order valence-corrected chi connectivity index (χ3v) is 6.71. The Bertz CT molecular complexity index is 1670. The van der Waals surface area contributed by atoms with Crippen LogP contribution in [0.5, 0.6) is 0 Å². The van der Waals surface area contributed by atoms with Crippen LogP contribution in [0.4, 0.5) is 19.1 Å². The summed E-state index contributed by atoms with van der Waals surface area (Å²) in [5.41, 5.74) is 1.98. The van der Waals surface area contributed by atoms with Crippen LogP contribution in [0.2, 0.25) is 5.02 Å². The van der Waals surface area contributed by atoms with Gasteiger partial charge < -0.3 is 15.3 Å². The van der Waals surface area contributed by atoms with Crippen molar-refractivity contribution in [3.63, 3.8) is 0 Å². The van der Waals surface area contributed by atoms with Gasteiger partial charge in [-0.25, -0.2) is 14.2 Å². The van der Waals surface area contributed by atoms with Crippen LogP contribution in [-0.2, 0) is 18.3 Å². The minimum Gasteiger partial charge on any atom is -0.475 e. The average molecular weight is 579 g/mol. The number of hydrogen-bond donors (Lipinski definition) is 2. The van der Waals surface area contributed by atoms with Crippen LogP contribution < -0.4 is 21.5 Å². The number of anilines is 1. The number of aromatic nitrogens is 4. The van der Waals surface area contributed by atoms with Crippen molar-refractivity contribution in [2.75, 3.05) is 31.1 Å². The lowest BCUT2D eigenvalue weighted by Crippen LogP contribution is -2.44. The van der Waals surface area contributed by atoms with Crippen LogP contribution in [0.25, 0.3) is 22.5 Å². The molecule has 1 fully saturated rings. The monoisotopic (exact) mass is 578 g/mol. The van der Waals surface area contributed by atoms with Crippen molar-refractivity contribution in [3.8, 4) is 11.4 Å². The van der Waals surface area contributed by atoms with Gasteiger partial charge in [0.15, 0.2) is 11.2 Å². The number of fused-ring (bicyclic) bond motifs is 1. The first-order chi connectivity index (χ1) is 19.0. The minimum atomic E-state index is -5.08. The number of carbonyl (C=O) groups is 1. The van der Waals surface area contributed by atoms with Crippen LogP contribution in [0.1, 0.15) is 12.5 Å². The Balaban J connectivity index is 0.000000470. The Morgan fingerprint density at radius 1 is 1.02 bits per heavy atom. The number of carboxylic acids is 1. The van der Waals surface area contributed by atoms with Gasteiger partial charge in [-0.1, -0.05) is 48.9 Å². The molecule has 0 amide bonds. The van der Waals surface area contributed by atoms with Gasteiger partial charge >= 0.3 is 17.8 Å². The number of hydrogen-bond acceptors (Lipinski definition) is 6. The molecule has 10 nitrogen and oxygen atoms in total. The topological polar surface area (TPSA) is 114 Å². The van der Waals surface area contributed by atoms with Crippen molar-refractivity contribution in [1.82, 2.24) is 24.0 Å². The van der Waals surface area contributed by atoms with Crippen molar-refractivity contribution in [2.24, 2.45) is 7.05 Å². The first-order valence-electron chi connectivity index (χ1n) is 12.3. The van der Waals surface area contributed by atoms with Crippen LogP contribution in [0.15, 0.2) is 58.1 Å². The number of halogens is 4. The zero-order chi connectivity index (χ0) is 29.2. The van der Waals surface area contributed by atoms with Crippen molar-refractivity contribution in [1.29, 1.82) is 0 Å². The number of imidazole rings is 1. The van der Waals surface area contributed by atoms with Crippen LogP contribution >= 0.6 is 11.6 Å². The highest BCUT2D eigenvalue weighted by Gasteiger charge is 2.38. The molecule has 1 aliphatic rings. The highest BCUT2D eigenvalue weighted by molar-refractivity contribution is 6.32. The van der Waals surface area contributed by atoms with Crippen molar-refractivity contribution in [3.05, 3.63) is 80.0 Å². The summed E-state index contributed by atoms with van der Waals surface area (Å²) in [6, 6.07) is 14.9. The molecule has 1 aliphatic heterocycles. The fourth-order valence-electron chi connectivity index (χ4n) is 4.43. The maximum Gasteiger partial charge on any atom is 0.490 e. The molecule has 0 radical (unpaired) electrons. The van der Waals surface area contributed by atoms with E-state index in [1.807, 2.05) is 43.3 Å². The fourth-order valence-corrected chi connectivity index (χ4v) is 4.66. The first-order valence-corrected chi connectivity index (χ1v) is 12.7. The van der Waals surface area contributed by atoms with Crippen molar-refractivity contribution < 1.29 is 23.1 Å². The van der Waals surface area contributed by atoms with E-state index in [-0.39, 0.29) is 0 Å². The molecule has 0 bridgehead atoms. The summed E-state index contributed by atoms with van der Waals surface area (Å²) in [7, 11) is 1.65. The Morgan fingerprint density at radius 3 is 2.17 bits per heavy atom. The van der Waals surface area contributed by atoms with E-state index in [0.717, 1.165) is 31.7 Å². The Morgan fingerprint density at radius 2 is 1.60 bits per heavy atom. The molecule has 2 aromatic heterocycles. The van der Waals surface area contributed by atoms with Gasteiger partial charge in [0.1, 0.15) is 0 Å². The normalized spacial score (nSPS) is 13.7. The fraction of sp³-hybridized carbons (Fsp3) is 0.308. The second kappa shape index (κ2) is 11.6. The summed E-state index contributed by atoms with van der Waals surface area (Å²) >= 11 is 6.60. The van der Waals surface area contributed by atoms with Gasteiger partial charge in [-0.05, 0) is 30.2 Å². The molecule has 14 heteroatoms. The first kappa shape index (κ1) is 28.9. The van der Waals surface area contributed by atoms with Crippen LogP contribution in [-0.4, -0.2) is 62.1 Å². The van der Waals surface area contributed by atoms with Crippen molar-refractivity contribution in [2.45, 2.75) is 19.5 Å². The number of alkyl halides is 3. The van der Waals surface area contributed by atoms with E-state index < -0.39 is 23.4 Å². The molecule has 40 heavy (non-hydrogen) atoms. The van der Waals surface area contributed by atoms with E-state index in [2.05, 4.69) is 10.2 Å². The van der Waals surface area contributed by atoms with E-state index in [1.54, 1.807) is 23.7 Å². The van der Waals surface area contributed by atoms with E-state index in [4.69, 9.17) is 26.5 Å². The second-order valence-electron chi connectivity index (χ2n) is 8.88. The maximum atomic E-state index is 14.0. The van der Waals surface area contributed by atoms with Crippen LogP contribution in [0, 0.1) is 0 Å². The summed E-state index contributed by atoms with van der Waals surface area (Å²) < 4.78 is 36.2. The number of nitrogens with zero attached hydrogens (tertiary/aromatic N) is 5. The number of piperazine rings is 1. The predicted molar refractivity (Wildman–Crippen MR) is 145 cm³/mol. The Kier molecular flexibility index (Phi) is 8.35. The molecule has 4 aromatic rings. The van der Waals surface area contributed by atoms with Gasteiger partial charge in [-0.2, -0.15) is 18.2 Å². The number of aliphatic carboxylic acids is 1. The number of benzene rings is 2. The summed E-state index contributed by atoms with van der Waals surface area (Å²) in [6.45, 7) is 5.07.